The minimum atomic E-state index is -3.50. The van der Waals surface area contributed by atoms with Crippen LogP contribution in [0.2, 0.25) is 0 Å². The summed E-state index contributed by atoms with van der Waals surface area (Å²) < 4.78 is 37.8. The Labute approximate surface area is 182 Å². The van der Waals surface area contributed by atoms with Crippen LogP contribution in [0.15, 0.2) is 83.8 Å². The molecule has 0 spiro atoms. The van der Waals surface area contributed by atoms with Crippen LogP contribution in [0.3, 0.4) is 0 Å². The van der Waals surface area contributed by atoms with E-state index in [0.29, 0.717) is 24.4 Å². The Bertz CT molecular complexity index is 1140. The van der Waals surface area contributed by atoms with Gasteiger partial charge in [-0.2, -0.15) is 4.31 Å². The molecule has 1 aliphatic heterocycles. The van der Waals surface area contributed by atoms with Crippen molar-refractivity contribution in [3.8, 4) is 11.5 Å². The Hall–Kier alpha value is -3.16. The molecular formula is C24H23NO5S. The number of esters is 1. The van der Waals surface area contributed by atoms with Crippen molar-refractivity contribution in [2.24, 2.45) is 0 Å². The highest BCUT2D eigenvalue weighted by atomic mass is 32.2. The van der Waals surface area contributed by atoms with Gasteiger partial charge in [-0.3, -0.25) is 0 Å². The molecule has 0 N–H and O–H groups in total. The van der Waals surface area contributed by atoms with Gasteiger partial charge in [0.2, 0.25) is 10.0 Å². The van der Waals surface area contributed by atoms with Crippen molar-refractivity contribution in [1.29, 1.82) is 0 Å². The first-order chi connectivity index (χ1) is 15.0. The topological polar surface area (TPSA) is 72.9 Å². The zero-order valence-corrected chi connectivity index (χ0v) is 17.8. The van der Waals surface area contributed by atoms with E-state index in [9.17, 15) is 13.2 Å². The summed E-state index contributed by atoms with van der Waals surface area (Å²) in [4.78, 5) is 12.6. The molecule has 0 atom stereocenters. The molecule has 3 aromatic carbocycles. The lowest BCUT2D eigenvalue weighted by Crippen LogP contribution is -2.27. The Balaban J connectivity index is 1.37. The van der Waals surface area contributed by atoms with Gasteiger partial charge in [0.05, 0.1) is 10.5 Å². The summed E-state index contributed by atoms with van der Waals surface area (Å²) in [5.41, 5.74) is 1.09. The second-order valence-electron chi connectivity index (χ2n) is 7.27. The number of hydrogen-bond acceptors (Lipinski definition) is 5. The monoisotopic (exact) mass is 437 g/mol. The molecule has 1 saturated heterocycles. The molecule has 31 heavy (non-hydrogen) atoms. The Morgan fingerprint density at radius 2 is 1.52 bits per heavy atom. The number of carbonyl (C=O) groups is 1. The molecule has 7 heteroatoms. The van der Waals surface area contributed by atoms with Crippen molar-refractivity contribution in [2.75, 3.05) is 13.1 Å². The summed E-state index contributed by atoms with van der Waals surface area (Å²) in [6, 6.07) is 22.6. The van der Waals surface area contributed by atoms with E-state index in [1.807, 2.05) is 54.6 Å². The summed E-state index contributed by atoms with van der Waals surface area (Å²) >= 11 is 0. The van der Waals surface area contributed by atoms with Crippen LogP contribution < -0.4 is 4.74 Å². The third-order valence-corrected chi connectivity index (χ3v) is 6.95. The fourth-order valence-corrected chi connectivity index (χ4v) is 4.91. The van der Waals surface area contributed by atoms with Gasteiger partial charge in [0, 0.05) is 13.1 Å². The normalized spacial score (nSPS) is 14.3. The molecule has 0 amide bonds. The molecule has 0 aliphatic carbocycles. The van der Waals surface area contributed by atoms with E-state index < -0.39 is 16.0 Å². The third-order valence-electron chi connectivity index (χ3n) is 5.04. The number of rotatable bonds is 7. The van der Waals surface area contributed by atoms with Crippen LogP contribution in [-0.4, -0.2) is 31.8 Å². The largest absolute Gasteiger partial charge is 0.457 e. The molecule has 1 heterocycles. The molecule has 3 aromatic rings. The van der Waals surface area contributed by atoms with Crippen LogP contribution in [-0.2, 0) is 21.4 Å². The van der Waals surface area contributed by atoms with Gasteiger partial charge in [-0.1, -0.05) is 30.3 Å². The van der Waals surface area contributed by atoms with E-state index in [2.05, 4.69) is 0 Å². The highest BCUT2D eigenvalue weighted by molar-refractivity contribution is 7.89. The molecule has 160 valence electrons. The molecule has 1 fully saturated rings. The fourth-order valence-electron chi connectivity index (χ4n) is 3.40. The maximum Gasteiger partial charge on any atom is 0.338 e. The van der Waals surface area contributed by atoms with Gasteiger partial charge in [-0.25, -0.2) is 13.2 Å². The summed E-state index contributed by atoms with van der Waals surface area (Å²) in [5.74, 6) is 0.858. The zero-order valence-electron chi connectivity index (χ0n) is 16.9. The van der Waals surface area contributed by atoms with Crippen LogP contribution in [0.5, 0.6) is 11.5 Å². The van der Waals surface area contributed by atoms with Crippen LogP contribution in [0.1, 0.15) is 28.8 Å². The number of nitrogens with zero attached hydrogens (tertiary/aromatic N) is 1. The van der Waals surface area contributed by atoms with Gasteiger partial charge in [0.25, 0.3) is 0 Å². The third kappa shape index (κ3) is 5.13. The molecule has 0 bridgehead atoms. The molecule has 0 radical (unpaired) electrons. The van der Waals surface area contributed by atoms with Gasteiger partial charge in [-0.05, 0) is 66.9 Å². The standard InChI is InChI=1S/C24H23NO5S/c26-24(20-11-13-23(14-12-20)31(27,28)25-15-4-5-16-25)29-18-19-7-6-10-22(17-19)30-21-8-2-1-3-9-21/h1-3,6-14,17H,4-5,15-16,18H2. The van der Waals surface area contributed by atoms with E-state index in [1.54, 1.807) is 0 Å². The number of para-hydroxylation sites is 1. The second-order valence-corrected chi connectivity index (χ2v) is 9.21. The van der Waals surface area contributed by atoms with Crippen molar-refractivity contribution < 1.29 is 22.7 Å². The molecule has 6 nitrogen and oxygen atoms in total. The Morgan fingerprint density at radius 1 is 0.839 bits per heavy atom. The van der Waals surface area contributed by atoms with Crippen LogP contribution in [0.25, 0.3) is 0 Å². The second kappa shape index (κ2) is 9.32. The number of ether oxygens (including phenoxy) is 2. The smallest absolute Gasteiger partial charge is 0.338 e. The highest BCUT2D eigenvalue weighted by Crippen LogP contribution is 2.23. The maximum atomic E-state index is 12.6. The van der Waals surface area contributed by atoms with E-state index in [0.717, 1.165) is 24.2 Å². The van der Waals surface area contributed by atoms with Gasteiger partial charge in [0.1, 0.15) is 18.1 Å². The minimum absolute atomic E-state index is 0.0820. The van der Waals surface area contributed by atoms with Crippen LogP contribution >= 0.6 is 0 Å². The van der Waals surface area contributed by atoms with Crippen LogP contribution in [0.4, 0.5) is 0 Å². The highest BCUT2D eigenvalue weighted by Gasteiger charge is 2.27. The first-order valence-electron chi connectivity index (χ1n) is 10.1. The summed E-state index contributed by atoms with van der Waals surface area (Å²) in [6.07, 6.45) is 1.75. The molecule has 4 rings (SSSR count). The molecule has 1 aliphatic rings. The summed E-state index contributed by atoms with van der Waals surface area (Å²) in [5, 5.41) is 0. The zero-order chi connectivity index (χ0) is 21.7. The van der Waals surface area contributed by atoms with Crippen molar-refractivity contribution >= 4 is 16.0 Å². The lowest BCUT2D eigenvalue weighted by molar-refractivity contribution is 0.0472. The summed E-state index contributed by atoms with van der Waals surface area (Å²) in [6.45, 7) is 1.16. The van der Waals surface area contributed by atoms with E-state index >= 15 is 0 Å². The number of sulfonamides is 1. The molecule has 0 aromatic heterocycles. The van der Waals surface area contributed by atoms with Crippen molar-refractivity contribution in [1.82, 2.24) is 4.31 Å². The maximum absolute atomic E-state index is 12.6. The SMILES string of the molecule is O=C(OCc1cccc(Oc2ccccc2)c1)c1ccc(S(=O)(=O)N2CCCC2)cc1. The Morgan fingerprint density at radius 3 is 2.23 bits per heavy atom. The van der Waals surface area contributed by atoms with Crippen molar-refractivity contribution in [3.05, 3.63) is 90.0 Å². The number of carbonyl (C=O) groups excluding carboxylic acids is 1. The number of benzene rings is 3. The fraction of sp³-hybridized carbons (Fsp3) is 0.208. The lowest BCUT2D eigenvalue weighted by atomic mass is 10.2. The molecule has 0 unspecified atom stereocenters. The quantitative estimate of drug-likeness (QED) is 0.504. The predicted molar refractivity (Wildman–Crippen MR) is 117 cm³/mol. The Kier molecular flexibility index (Phi) is 6.34. The van der Waals surface area contributed by atoms with Crippen molar-refractivity contribution in [2.45, 2.75) is 24.3 Å². The number of hydrogen-bond donors (Lipinski definition) is 0. The summed E-state index contributed by atoms with van der Waals surface area (Å²) in [7, 11) is -3.50. The first kappa shape index (κ1) is 21.1. The van der Waals surface area contributed by atoms with E-state index in [4.69, 9.17) is 9.47 Å². The van der Waals surface area contributed by atoms with Gasteiger partial charge in [-0.15, -0.1) is 0 Å². The van der Waals surface area contributed by atoms with E-state index in [1.165, 1.54) is 28.6 Å². The average molecular weight is 438 g/mol. The van der Waals surface area contributed by atoms with E-state index in [-0.39, 0.29) is 11.5 Å². The van der Waals surface area contributed by atoms with Gasteiger partial charge in [0.15, 0.2) is 0 Å². The van der Waals surface area contributed by atoms with Crippen LogP contribution in [0, 0.1) is 0 Å². The van der Waals surface area contributed by atoms with Crippen molar-refractivity contribution in [3.63, 3.8) is 0 Å². The minimum Gasteiger partial charge on any atom is -0.457 e. The molecular weight excluding hydrogens is 414 g/mol. The first-order valence-corrected chi connectivity index (χ1v) is 11.6. The molecule has 0 saturated carbocycles. The predicted octanol–water partition coefficient (Wildman–Crippen LogP) is 4.62. The van der Waals surface area contributed by atoms with Gasteiger partial charge < -0.3 is 9.47 Å². The van der Waals surface area contributed by atoms with Gasteiger partial charge >= 0.3 is 5.97 Å². The average Bonchev–Trinajstić information content (AvgIpc) is 3.35. The lowest BCUT2D eigenvalue weighted by Gasteiger charge is -2.15.